The first-order valence-corrected chi connectivity index (χ1v) is 7.35. The molecule has 1 heterocycles. The van der Waals surface area contributed by atoms with Gasteiger partial charge in [0.2, 0.25) is 5.91 Å². The molecular weight excluding hydrogens is 328 g/mol. The molecule has 0 N–H and O–H groups in total. The Bertz CT molecular complexity index is 582. The van der Waals surface area contributed by atoms with E-state index in [2.05, 4.69) is 22.0 Å². The molecule has 1 aliphatic heterocycles. The summed E-state index contributed by atoms with van der Waals surface area (Å²) in [6.07, 6.45) is 0.360. The molecule has 6 heteroatoms. The van der Waals surface area contributed by atoms with Gasteiger partial charge < -0.3 is 4.90 Å². The van der Waals surface area contributed by atoms with Crippen LogP contribution in [0.1, 0.15) is 18.9 Å². The van der Waals surface area contributed by atoms with Gasteiger partial charge in [-0.25, -0.2) is 0 Å². The number of nitriles is 1. The molecule has 19 heavy (non-hydrogen) atoms. The van der Waals surface area contributed by atoms with E-state index < -0.39 is 0 Å². The van der Waals surface area contributed by atoms with Crippen LogP contribution in [-0.4, -0.2) is 22.8 Å². The number of nitrogens with zero attached hydrogens (tertiary/aromatic N) is 2. The number of hydrogen-bond donors (Lipinski definition) is 0. The van der Waals surface area contributed by atoms with Crippen LogP contribution in [0.25, 0.3) is 0 Å². The van der Waals surface area contributed by atoms with Gasteiger partial charge in [0.15, 0.2) is 5.12 Å². The van der Waals surface area contributed by atoms with Crippen molar-refractivity contribution in [1.29, 1.82) is 5.26 Å². The molecular formula is C13H11BrN2O2S. The molecule has 0 saturated carbocycles. The summed E-state index contributed by atoms with van der Waals surface area (Å²) in [5, 5.41) is 8.96. The Balaban J connectivity index is 2.23. The Morgan fingerprint density at radius 1 is 1.53 bits per heavy atom. The van der Waals surface area contributed by atoms with Crippen LogP contribution in [-0.2, 0) is 9.59 Å². The SMILES string of the molecule is CC(=O)SC1CC(=O)N(c2cc(Br)cc(C#N)c2)C1. The molecule has 1 amide bonds. The average Bonchev–Trinajstić information content (AvgIpc) is 2.68. The van der Waals surface area contributed by atoms with Crippen LogP contribution >= 0.6 is 27.7 Å². The van der Waals surface area contributed by atoms with Crippen LogP contribution < -0.4 is 4.90 Å². The Labute approximate surface area is 123 Å². The summed E-state index contributed by atoms with van der Waals surface area (Å²) in [6, 6.07) is 7.25. The van der Waals surface area contributed by atoms with E-state index >= 15 is 0 Å². The number of carbonyl (C=O) groups excluding carboxylic acids is 2. The highest BCUT2D eigenvalue weighted by Gasteiger charge is 2.32. The fourth-order valence-electron chi connectivity index (χ4n) is 2.03. The van der Waals surface area contributed by atoms with Gasteiger partial charge in [-0.05, 0) is 18.2 Å². The third-order valence-corrected chi connectivity index (χ3v) is 4.18. The molecule has 4 nitrogen and oxygen atoms in total. The normalized spacial score (nSPS) is 18.5. The fourth-order valence-corrected chi connectivity index (χ4v) is 3.43. The first-order chi connectivity index (χ1) is 8.99. The van der Waals surface area contributed by atoms with Crippen molar-refractivity contribution in [2.45, 2.75) is 18.6 Å². The maximum absolute atomic E-state index is 12.0. The van der Waals surface area contributed by atoms with E-state index in [-0.39, 0.29) is 16.3 Å². The second-order valence-corrected chi connectivity index (χ2v) is 6.64. The van der Waals surface area contributed by atoms with E-state index in [4.69, 9.17) is 5.26 Å². The molecule has 1 aromatic carbocycles. The molecule has 1 aliphatic rings. The predicted octanol–water partition coefficient (Wildman–Crippen LogP) is 2.71. The molecule has 2 rings (SSSR count). The third-order valence-electron chi connectivity index (χ3n) is 2.75. The summed E-state index contributed by atoms with van der Waals surface area (Å²) >= 11 is 4.53. The Morgan fingerprint density at radius 2 is 2.26 bits per heavy atom. The summed E-state index contributed by atoms with van der Waals surface area (Å²) in [6.45, 7) is 2.01. The quantitative estimate of drug-likeness (QED) is 0.831. The summed E-state index contributed by atoms with van der Waals surface area (Å²) in [4.78, 5) is 24.7. The van der Waals surface area contributed by atoms with Gasteiger partial charge in [0.05, 0.1) is 11.6 Å². The van der Waals surface area contributed by atoms with Crippen molar-refractivity contribution in [3.05, 3.63) is 28.2 Å². The molecule has 1 fully saturated rings. The van der Waals surface area contributed by atoms with Gasteiger partial charge in [-0.2, -0.15) is 5.26 Å². The van der Waals surface area contributed by atoms with Crippen molar-refractivity contribution in [3.63, 3.8) is 0 Å². The Morgan fingerprint density at radius 3 is 2.89 bits per heavy atom. The minimum absolute atomic E-state index is 0.00508. The lowest BCUT2D eigenvalue weighted by Crippen LogP contribution is -2.25. The number of anilines is 1. The smallest absolute Gasteiger partial charge is 0.228 e. The molecule has 1 unspecified atom stereocenters. The molecule has 0 aliphatic carbocycles. The van der Waals surface area contributed by atoms with Gasteiger partial charge in [0.25, 0.3) is 0 Å². The lowest BCUT2D eigenvalue weighted by Gasteiger charge is -2.17. The van der Waals surface area contributed by atoms with E-state index in [1.54, 1.807) is 23.1 Å². The fraction of sp³-hybridized carbons (Fsp3) is 0.308. The van der Waals surface area contributed by atoms with Crippen molar-refractivity contribution in [3.8, 4) is 6.07 Å². The average molecular weight is 339 g/mol. The zero-order chi connectivity index (χ0) is 14.0. The van der Waals surface area contributed by atoms with Gasteiger partial charge in [0.1, 0.15) is 0 Å². The molecule has 0 bridgehead atoms. The van der Waals surface area contributed by atoms with Crippen molar-refractivity contribution in [1.82, 2.24) is 0 Å². The predicted molar refractivity (Wildman–Crippen MR) is 77.9 cm³/mol. The highest BCUT2D eigenvalue weighted by molar-refractivity contribution is 9.10. The second kappa shape index (κ2) is 5.76. The summed E-state index contributed by atoms with van der Waals surface area (Å²) in [5.41, 5.74) is 1.20. The standard InChI is InChI=1S/C13H11BrN2O2S/c1-8(17)19-12-5-13(18)16(7-12)11-3-9(6-15)2-10(14)4-11/h2-4,12H,5,7H2,1H3. The molecule has 1 atom stereocenters. The van der Waals surface area contributed by atoms with Gasteiger partial charge in [-0.15, -0.1) is 0 Å². The third kappa shape index (κ3) is 3.37. The zero-order valence-corrected chi connectivity index (χ0v) is 12.6. The first kappa shape index (κ1) is 14.1. The van der Waals surface area contributed by atoms with Crippen LogP contribution in [0.3, 0.4) is 0 Å². The van der Waals surface area contributed by atoms with Crippen LogP contribution in [0.15, 0.2) is 22.7 Å². The number of amides is 1. The number of carbonyl (C=O) groups is 2. The van der Waals surface area contributed by atoms with E-state index in [1.165, 1.54) is 18.7 Å². The van der Waals surface area contributed by atoms with Crippen molar-refractivity contribution in [2.75, 3.05) is 11.4 Å². The van der Waals surface area contributed by atoms with E-state index in [0.717, 1.165) is 4.47 Å². The van der Waals surface area contributed by atoms with Crippen LogP contribution in [0.5, 0.6) is 0 Å². The summed E-state index contributed by atoms with van der Waals surface area (Å²) in [7, 11) is 0. The second-order valence-electron chi connectivity index (χ2n) is 4.25. The summed E-state index contributed by atoms with van der Waals surface area (Å²) < 4.78 is 0.761. The molecule has 0 aromatic heterocycles. The minimum atomic E-state index is -0.0132. The lowest BCUT2D eigenvalue weighted by atomic mass is 10.2. The number of thioether (sulfide) groups is 1. The van der Waals surface area contributed by atoms with Crippen LogP contribution in [0.2, 0.25) is 0 Å². The number of hydrogen-bond acceptors (Lipinski definition) is 4. The topological polar surface area (TPSA) is 61.2 Å². The van der Waals surface area contributed by atoms with Crippen molar-refractivity contribution >= 4 is 44.4 Å². The van der Waals surface area contributed by atoms with E-state index in [1.807, 2.05) is 0 Å². The number of rotatable bonds is 2. The minimum Gasteiger partial charge on any atom is -0.311 e. The Kier molecular flexibility index (Phi) is 4.27. The van der Waals surface area contributed by atoms with E-state index in [0.29, 0.717) is 24.2 Å². The molecule has 0 radical (unpaired) electrons. The molecule has 1 aromatic rings. The lowest BCUT2D eigenvalue weighted by molar-refractivity contribution is -0.117. The van der Waals surface area contributed by atoms with Gasteiger partial charge in [-0.1, -0.05) is 27.7 Å². The van der Waals surface area contributed by atoms with Gasteiger partial charge in [0, 0.05) is 35.3 Å². The maximum Gasteiger partial charge on any atom is 0.228 e. The first-order valence-electron chi connectivity index (χ1n) is 5.68. The molecule has 0 spiro atoms. The zero-order valence-electron chi connectivity index (χ0n) is 10.2. The number of halogens is 1. The maximum atomic E-state index is 12.0. The monoisotopic (exact) mass is 338 g/mol. The van der Waals surface area contributed by atoms with Gasteiger partial charge in [-0.3, -0.25) is 9.59 Å². The number of benzene rings is 1. The summed E-state index contributed by atoms with van der Waals surface area (Å²) in [5.74, 6) is -0.0132. The highest BCUT2D eigenvalue weighted by Crippen LogP contribution is 2.30. The van der Waals surface area contributed by atoms with Crippen molar-refractivity contribution in [2.24, 2.45) is 0 Å². The molecule has 1 saturated heterocycles. The van der Waals surface area contributed by atoms with Crippen molar-refractivity contribution < 1.29 is 9.59 Å². The largest absolute Gasteiger partial charge is 0.311 e. The Hall–Kier alpha value is -1.32. The van der Waals surface area contributed by atoms with Gasteiger partial charge >= 0.3 is 0 Å². The van der Waals surface area contributed by atoms with Crippen LogP contribution in [0.4, 0.5) is 5.69 Å². The van der Waals surface area contributed by atoms with E-state index in [9.17, 15) is 9.59 Å². The van der Waals surface area contributed by atoms with Crippen LogP contribution in [0, 0.1) is 11.3 Å². The molecule has 98 valence electrons. The highest BCUT2D eigenvalue weighted by atomic mass is 79.9.